The molecule has 2 nitrogen and oxygen atoms in total. The van der Waals surface area contributed by atoms with Crippen LogP contribution < -0.4 is 5.32 Å². The number of hydrogen-bond donors (Lipinski definition) is 2. The fourth-order valence-corrected chi connectivity index (χ4v) is 2.42. The van der Waals surface area contributed by atoms with Crippen molar-refractivity contribution in [1.82, 2.24) is 5.32 Å². The summed E-state index contributed by atoms with van der Waals surface area (Å²) in [7, 11) is 0. The van der Waals surface area contributed by atoms with E-state index in [9.17, 15) is 0 Å². The van der Waals surface area contributed by atoms with Crippen LogP contribution in [0.1, 0.15) is 90.4 Å². The van der Waals surface area contributed by atoms with Crippen molar-refractivity contribution >= 4 is 0 Å². The summed E-state index contributed by atoms with van der Waals surface area (Å²) in [4.78, 5) is 0. The minimum atomic E-state index is 0.211. The summed E-state index contributed by atoms with van der Waals surface area (Å²) < 4.78 is 0. The van der Waals surface area contributed by atoms with Gasteiger partial charge in [-0.1, -0.05) is 83.6 Å². The lowest BCUT2D eigenvalue weighted by Crippen LogP contribution is -2.10. The number of nitrogens with one attached hydrogen (secondary N) is 1. The smallest absolute Gasteiger partial charge is 0.0603 e. The van der Waals surface area contributed by atoms with Gasteiger partial charge in [0.25, 0.3) is 0 Å². The van der Waals surface area contributed by atoms with Gasteiger partial charge in [0.05, 0.1) is 6.61 Å². The van der Waals surface area contributed by atoms with Crippen LogP contribution in [0.4, 0.5) is 0 Å². The maximum atomic E-state index is 8.59. The van der Waals surface area contributed by atoms with Crippen molar-refractivity contribution in [3.63, 3.8) is 0 Å². The van der Waals surface area contributed by atoms with Crippen LogP contribution in [0.2, 0.25) is 0 Å². The number of aliphatic hydroxyl groups is 1. The van der Waals surface area contributed by atoms with Crippen LogP contribution in [0, 0.1) is 0 Å². The van der Waals surface area contributed by atoms with Gasteiger partial charge in [-0.25, -0.2) is 0 Å². The average molecular weight is 284 g/mol. The van der Waals surface area contributed by atoms with Gasteiger partial charge in [-0.2, -0.15) is 0 Å². The van der Waals surface area contributed by atoms with Crippen molar-refractivity contribution in [3.8, 4) is 0 Å². The Bertz CT molecular complexity index is 192. The van der Waals surface area contributed by atoms with Crippen molar-refractivity contribution in [3.05, 3.63) is 12.3 Å². The van der Waals surface area contributed by atoms with E-state index in [1.807, 2.05) is 6.20 Å². The van der Waals surface area contributed by atoms with Gasteiger partial charge in [-0.3, -0.25) is 0 Å². The molecule has 0 spiro atoms. The van der Waals surface area contributed by atoms with Gasteiger partial charge in [0.1, 0.15) is 0 Å². The van der Waals surface area contributed by atoms with Crippen molar-refractivity contribution < 1.29 is 5.11 Å². The van der Waals surface area contributed by atoms with Crippen LogP contribution in [0.3, 0.4) is 0 Å². The third-order valence-electron chi connectivity index (χ3n) is 3.72. The lowest BCUT2D eigenvalue weighted by atomic mass is 10.0. The topological polar surface area (TPSA) is 32.3 Å². The molecule has 0 saturated carbocycles. The van der Waals surface area contributed by atoms with Crippen molar-refractivity contribution in [2.75, 3.05) is 13.2 Å². The molecule has 0 heterocycles. The molecule has 20 heavy (non-hydrogen) atoms. The highest BCUT2D eigenvalue weighted by atomic mass is 16.3. The minimum Gasteiger partial charge on any atom is -0.395 e. The van der Waals surface area contributed by atoms with Gasteiger partial charge in [0, 0.05) is 6.54 Å². The van der Waals surface area contributed by atoms with Gasteiger partial charge in [0.15, 0.2) is 0 Å². The molecule has 0 amide bonds. The third kappa shape index (κ3) is 17.5. The first-order valence-corrected chi connectivity index (χ1v) is 8.91. The highest BCUT2D eigenvalue weighted by Crippen LogP contribution is 2.12. The predicted molar refractivity (Wildman–Crippen MR) is 89.9 cm³/mol. The van der Waals surface area contributed by atoms with E-state index < -0.39 is 0 Å². The van der Waals surface area contributed by atoms with Crippen LogP contribution in [0.15, 0.2) is 12.3 Å². The van der Waals surface area contributed by atoms with Crippen LogP contribution >= 0.6 is 0 Å². The molecule has 0 atom stereocenters. The molecule has 0 unspecified atom stereocenters. The summed E-state index contributed by atoms with van der Waals surface area (Å²) in [5, 5.41) is 11.6. The van der Waals surface area contributed by atoms with E-state index in [4.69, 9.17) is 5.11 Å². The Labute approximate surface area is 127 Å². The standard InChI is InChI=1S/C18H37NO/c1-2-3-4-5-6-7-8-9-10-11-12-13-14-15-16-19-17-18-20/h15-16,19-20H,2-14,17-18H2,1H3. The molecule has 0 saturated heterocycles. The van der Waals surface area contributed by atoms with Crippen molar-refractivity contribution in [1.29, 1.82) is 0 Å². The monoisotopic (exact) mass is 283 g/mol. The molecule has 0 aliphatic carbocycles. The first kappa shape index (κ1) is 19.5. The Balaban J connectivity index is 2.97. The molecule has 0 aromatic heterocycles. The molecule has 0 aliphatic heterocycles. The molecule has 0 radical (unpaired) electrons. The molecule has 0 aliphatic rings. The highest BCUT2D eigenvalue weighted by molar-refractivity contribution is 4.78. The Morgan fingerprint density at radius 2 is 1.25 bits per heavy atom. The molecule has 2 heteroatoms. The largest absolute Gasteiger partial charge is 0.395 e. The number of allylic oxidation sites excluding steroid dienone is 1. The zero-order valence-corrected chi connectivity index (χ0v) is 13.7. The summed E-state index contributed by atoms with van der Waals surface area (Å²) in [6.07, 6.45) is 22.2. The molecule has 120 valence electrons. The summed E-state index contributed by atoms with van der Waals surface area (Å²) in [6.45, 7) is 3.15. The second-order valence-corrected chi connectivity index (χ2v) is 5.76. The molecule has 0 aromatic carbocycles. The number of unbranched alkanes of at least 4 members (excludes halogenated alkanes) is 12. The van der Waals surface area contributed by atoms with E-state index in [-0.39, 0.29) is 6.61 Å². The second-order valence-electron chi connectivity index (χ2n) is 5.76. The van der Waals surface area contributed by atoms with Crippen molar-refractivity contribution in [2.45, 2.75) is 90.4 Å². The third-order valence-corrected chi connectivity index (χ3v) is 3.72. The molecular formula is C18H37NO. The molecule has 0 bridgehead atoms. The van der Waals surface area contributed by atoms with Gasteiger partial charge >= 0.3 is 0 Å². The van der Waals surface area contributed by atoms with Crippen LogP contribution in [-0.4, -0.2) is 18.3 Å². The summed E-state index contributed by atoms with van der Waals surface area (Å²) >= 11 is 0. The number of aliphatic hydroxyl groups excluding tert-OH is 1. The van der Waals surface area contributed by atoms with E-state index in [2.05, 4.69) is 18.3 Å². The van der Waals surface area contributed by atoms with Gasteiger partial charge in [-0.05, 0) is 19.0 Å². The Kier molecular flexibility index (Phi) is 18.0. The zero-order valence-electron chi connectivity index (χ0n) is 13.7. The van der Waals surface area contributed by atoms with E-state index in [0.717, 1.165) is 6.42 Å². The van der Waals surface area contributed by atoms with E-state index >= 15 is 0 Å². The normalized spacial score (nSPS) is 11.3. The Morgan fingerprint density at radius 3 is 1.75 bits per heavy atom. The molecule has 2 N–H and O–H groups in total. The van der Waals surface area contributed by atoms with Gasteiger partial charge in [0.2, 0.25) is 0 Å². The van der Waals surface area contributed by atoms with E-state index in [1.54, 1.807) is 0 Å². The van der Waals surface area contributed by atoms with Gasteiger partial charge < -0.3 is 10.4 Å². The fraction of sp³-hybridized carbons (Fsp3) is 0.889. The van der Waals surface area contributed by atoms with E-state index in [1.165, 1.54) is 77.0 Å². The van der Waals surface area contributed by atoms with Gasteiger partial charge in [-0.15, -0.1) is 0 Å². The first-order chi connectivity index (χ1) is 9.91. The highest BCUT2D eigenvalue weighted by Gasteiger charge is 1.92. The lowest BCUT2D eigenvalue weighted by Gasteiger charge is -2.02. The maximum Gasteiger partial charge on any atom is 0.0603 e. The quantitative estimate of drug-likeness (QED) is 0.383. The van der Waals surface area contributed by atoms with E-state index in [0.29, 0.717) is 6.54 Å². The second kappa shape index (κ2) is 18.5. The Hall–Kier alpha value is -0.500. The van der Waals surface area contributed by atoms with Crippen LogP contribution in [0.5, 0.6) is 0 Å². The lowest BCUT2D eigenvalue weighted by molar-refractivity contribution is 0.298. The van der Waals surface area contributed by atoms with Crippen LogP contribution in [-0.2, 0) is 0 Å². The molecule has 0 fully saturated rings. The SMILES string of the molecule is CCCCCCCCCCCCCCC=CNCCO. The minimum absolute atomic E-state index is 0.211. The molecule has 0 aromatic rings. The maximum absolute atomic E-state index is 8.59. The first-order valence-electron chi connectivity index (χ1n) is 8.91. The molecular weight excluding hydrogens is 246 g/mol. The average Bonchev–Trinajstić information content (AvgIpc) is 2.47. The zero-order chi connectivity index (χ0) is 14.7. The summed E-state index contributed by atoms with van der Waals surface area (Å²) in [5.41, 5.74) is 0. The number of rotatable bonds is 16. The number of hydrogen-bond acceptors (Lipinski definition) is 2. The summed E-state index contributed by atoms with van der Waals surface area (Å²) in [5.74, 6) is 0. The Morgan fingerprint density at radius 1 is 0.750 bits per heavy atom. The summed E-state index contributed by atoms with van der Waals surface area (Å²) in [6, 6.07) is 0. The van der Waals surface area contributed by atoms with Crippen molar-refractivity contribution in [2.24, 2.45) is 0 Å². The fourth-order valence-electron chi connectivity index (χ4n) is 2.42. The molecule has 0 rings (SSSR count). The van der Waals surface area contributed by atoms with Crippen LogP contribution in [0.25, 0.3) is 0 Å². The predicted octanol–water partition coefficient (Wildman–Crippen LogP) is 5.17.